The van der Waals surface area contributed by atoms with Crippen molar-refractivity contribution in [1.29, 1.82) is 0 Å². The van der Waals surface area contributed by atoms with Crippen molar-refractivity contribution in [3.05, 3.63) is 58.3 Å². The Morgan fingerprint density at radius 3 is 2.80 bits per heavy atom. The Hall–Kier alpha value is -1.94. The van der Waals surface area contributed by atoms with Crippen molar-refractivity contribution in [2.24, 2.45) is 0 Å². The van der Waals surface area contributed by atoms with Gasteiger partial charge in [-0.05, 0) is 55.3 Å². The molecule has 2 nitrogen and oxygen atoms in total. The molecule has 0 unspecified atom stereocenters. The molecule has 20 heavy (non-hydrogen) atoms. The van der Waals surface area contributed by atoms with Crippen LogP contribution in [-0.4, -0.2) is 4.98 Å². The maximum absolute atomic E-state index is 13.1. The predicted octanol–water partition coefficient (Wildman–Crippen LogP) is 4.66. The Bertz CT molecular complexity index is 764. The van der Waals surface area contributed by atoms with Crippen LogP contribution in [0.2, 0.25) is 0 Å². The van der Waals surface area contributed by atoms with Gasteiger partial charge >= 0.3 is 0 Å². The number of rotatable bonds is 3. The van der Waals surface area contributed by atoms with Crippen molar-refractivity contribution < 1.29 is 4.39 Å². The Balaban J connectivity index is 1.79. The van der Waals surface area contributed by atoms with Crippen LogP contribution in [0.25, 0.3) is 10.2 Å². The molecule has 0 aliphatic rings. The molecule has 0 saturated carbocycles. The van der Waals surface area contributed by atoms with Crippen molar-refractivity contribution in [2.75, 3.05) is 5.32 Å². The van der Waals surface area contributed by atoms with Gasteiger partial charge in [0.2, 0.25) is 0 Å². The maximum atomic E-state index is 13.1. The van der Waals surface area contributed by atoms with E-state index in [1.807, 2.05) is 32.0 Å². The fraction of sp³-hybridized carbons (Fsp3) is 0.188. The molecule has 1 N–H and O–H groups in total. The van der Waals surface area contributed by atoms with E-state index >= 15 is 0 Å². The Morgan fingerprint density at radius 2 is 2.00 bits per heavy atom. The van der Waals surface area contributed by atoms with Crippen LogP contribution >= 0.6 is 11.3 Å². The first-order chi connectivity index (χ1) is 9.61. The van der Waals surface area contributed by atoms with Crippen LogP contribution in [0, 0.1) is 19.7 Å². The minimum Gasteiger partial charge on any atom is -0.381 e. The SMILES string of the molecule is Cc1nc2ccc(NCc3ccc(F)cc3C)cc2s1. The van der Waals surface area contributed by atoms with Crippen LogP contribution in [0.4, 0.5) is 10.1 Å². The summed E-state index contributed by atoms with van der Waals surface area (Å²) in [4.78, 5) is 4.45. The average molecular weight is 286 g/mol. The molecule has 0 atom stereocenters. The number of fused-ring (bicyclic) bond motifs is 1. The van der Waals surface area contributed by atoms with Gasteiger partial charge in [0.05, 0.1) is 15.2 Å². The summed E-state index contributed by atoms with van der Waals surface area (Å²) in [6.07, 6.45) is 0. The van der Waals surface area contributed by atoms with Crippen molar-refractivity contribution in [1.82, 2.24) is 4.98 Å². The van der Waals surface area contributed by atoms with E-state index in [0.29, 0.717) is 6.54 Å². The highest BCUT2D eigenvalue weighted by Gasteiger charge is 2.03. The van der Waals surface area contributed by atoms with Crippen LogP contribution < -0.4 is 5.32 Å². The largest absolute Gasteiger partial charge is 0.381 e. The molecule has 0 fully saturated rings. The minimum absolute atomic E-state index is 0.187. The summed E-state index contributed by atoms with van der Waals surface area (Å²) in [6.45, 7) is 4.63. The molecule has 3 rings (SSSR count). The van der Waals surface area contributed by atoms with Crippen LogP contribution in [0.1, 0.15) is 16.1 Å². The Labute approximate surface area is 121 Å². The van der Waals surface area contributed by atoms with E-state index in [9.17, 15) is 4.39 Å². The highest BCUT2D eigenvalue weighted by Crippen LogP contribution is 2.25. The van der Waals surface area contributed by atoms with E-state index in [0.717, 1.165) is 27.3 Å². The summed E-state index contributed by atoms with van der Waals surface area (Å²) < 4.78 is 14.2. The van der Waals surface area contributed by atoms with E-state index in [-0.39, 0.29) is 5.82 Å². The number of hydrogen-bond acceptors (Lipinski definition) is 3. The third-order valence-electron chi connectivity index (χ3n) is 3.28. The van der Waals surface area contributed by atoms with Gasteiger partial charge in [-0.25, -0.2) is 9.37 Å². The van der Waals surface area contributed by atoms with Gasteiger partial charge in [-0.15, -0.1) is 11.3 Å². The Morgan fingerprint density at radius 1 is 1.15 bits per heavy atom. The van der Waals surface area contributed by atoms with Gasteiger partial charge < -0.3 is 5.32 Å². The molecule has 3 aromatic rings. The number of aromatic nitrogens is 1. The second-order valence-electron chi connectivity index (χ2n) is 4.84. The molecule has 0 bridgehead atoms. The zero-order valence-electron chi connectivity index (χ0n) is 11.4. The highest BCUT2D eigenvalue weighted by molar-refractivity contribution is 7.18. The number of aryl methyl sites for hydroxylation is 2. The van der Waals surface area contributed by atoms with Gasteiger partial charge in [0.25, 0.3) is 0 Å². The normalized spacial score (nSPS) is 10.9. The minimum atomic E-state index is -0.187. The average Bonchev–Trinajstić information content (AvgIpc) is 2.77. The standard InChI is InChI=1S/C16H15FN2S/c1-10-7-13(17)4-3-12(10)9-18-14-5-6-15-16(8-14)20-11(2)19-15/h3-8,18H,9H2,1-2H3. The van der Waals surface area contributed by atoms with Crippen molar-refractivity contribution in [3.8, 4) is 0 Å². The van der Waals surface area contributed by atoms with E-state index in [2.05, 4.69) is 16.4 Å². The molecule has 0 aliphatic carbocycles. The second-order valence-corrected chi connectivity index (χ2v) is 6.07. The molecular weight excluding hydrogens is 271 g/mol. The maximum Gasteiger partial charge on any atom is 0.123 e. The van der Waals surface area contributed by atoms with E-state index in [1.165, 1.54) is 10.8 Å². The van der Waals surface area contributed by atoms with Crippen LogP contribution in [0.15, 0.2) is 36.4 Å². The molecule has 0 aliphatic heterocycles. The number of nitrogens with zero attached hydrogens (tertiary/aromatic N) is 1. The molecule has 1 aromatic heterocycles. The first-order valence-corrected chi connectivity index (χ1v) is 7.29. The summed E-state index contributed by atoms with van der Waals surface area (Å²) in [7, 11) is 0. The van der Waals surface area contributed by atoms with E-state index in [4.69, 9.17) is 0 Å². The lowest BCUT2D eigenvalue weighted by Crippen LogP contribution is -2.01. The van der Waals surface area contributed by atoms with Crippen molar-refractivity contribution in [3.63, 3.8) is 0 Å². The molecular formula is C16H15FN2S. The Kier molecular flexibility index (Phi) is 3.40. The van der Waals surface area contributed by atoms with E-state index in [1.54, 1.807) is 17.4 Å². The zero-order valence-corrected chi connectivity index (χ0v) is 12.2. The molecule has 0 radical (unpaired) electrons. The van der Waals surface area contributed by atoms with Gasteiger partial charge in [-0.3, -0.25) is 0 Å². The summed E-state index contributed by atoms with van der Waals surface area (Å²) in [5.74, 6) is -0.187. The summed E-state index contributed by atoms with van der Waals surface area (Å²) in [5.41, 5.74) is 4.17. The van der Waals surface area contributed by atoms with Gasteiger partial charge in [0, 0.05) is 12.2 Å². The number of thiazole rings is 1. The van der Waals surface area contributed by atoms with E-state index < -0.39 is 0 Å². The second kappa shape index (κ2) is 5.21. The summed E-state index contributed by atoms with van der Waals surface area (Å²) in [6, 6.07) is 11.1. The molecule has 1 heterocycles. The van der Waals surface area contributed by atoms with Gasteiger partial charge in [0.15, 0.2) is 0 Å². The topological polar surface area (TPSA) is 24.9 Å². The number of hydrogen-bond donors (Lipinski definition) is 1. The lowest BCUT2D eigenvalue weighted by molar-refractivity contribution is 0.625. The van der Waals surface area contributed by atoms with Gasteiger partial charge in [-0.1, -0.05) is 6.07 Å². The first-order valence-electron chi connectivity index (χ1n) is 6.48. The van der Waals surface area contributed by atoms with Crippen LogP contribution in [-0.2, 0) is 6.54 Å². The fourth-order valence-electron chi connectivity index (χ4n) is 2.20. The number of halogens is 1. The monoisotopic (exact) mass is 286 g/mol. The summed E-state index contributed by atoms with van der Waals surface area (Å²) >= 11 is 1.69. The fourth-order valence-corrected chi connectivity index (χ4v) is 3.07. The molecule has 4 heteroatoms. The van der Waals surface area contributed by atoms with Crippen molar-refractivity contribution >= 4 is 27.2 Å². The first kappa shape index (κ1) is 13.1. The van der Waals surface area contributed by atoms with Gasteiger partial charge in [-0.2, -0.15) is 0 Å². The quantitative estimate of drug-likeness (QED) is 0.757. The number of benzene rings is 2. The third-order valence-corrected chi connectivity index (χ3v) is 4.22. The number of nitrogens with one attached hydrogen (secondary N) is 1. The molecule has 2 aromatic carbocycles. The van der Waals surface area contributed by atoms with Gasteiger partial charge in [0.1, 0.15) is 5.82 Å². The molecule has 0 saturated heterocycles. The molecule has 0 spiro atoms. The highest BCUT2D eigenvalue weighted by atomic mass is 32.1. The molecule has 0 amide bonds. The lowest BCUT2D eigenvalue weighted by atomic mass is 10.1. The van der Waals surface area contributed by atoms with Crippen LogP contribution in [0.5, 0.6) is 0 Å². The molecule has 102 valence electrons. The van der Waals surface area contributed by atoms with Crippen LogP contribution in [0.3, 0.4) is 0 Å². The lowest BCUT2D eigenvalue weighted by Gasteiger charge is -2.09. The zero-order chi connectivity index (χ0) is 14.1. The summed E-state index contributed by atoms with van der Waals surface area (Å²) in [5, 5.41) is 4.45. The number of anilines is 1. The smallest absolute Gasteiger partial charge is 0.123 e. The van der Waals surface area contributed by atoms with Crippen molar-refractivity contribution in [2.45, 2.75) is 20.4 Å². The predicted molar refractivity (Wildman–Crippen MR) is 82.8 cm³/mol. The third kappa shape index (κ3) is 2.65.